The van der Waals surface area contributed by atoms with Gasteiger partial charge >= 0.3 is 0 Å². The molecule has 5 heteroatoms. The number of benzene rings is 1. The van der Waals surface area contributed by atoms with Crippen LogP contribution in [0.1, 0.15) is 25.7 Å². The molecule has 4 rings (SSSR count). The van der Waals surface area contributed by atoms with Crippen LogP contribution in [0.4, 0.5) is 5.69 Å². The van der Waals surface area contributed by atoms with E-state index in [2.05, 4.69) is 44.4 Å². The van der Waals surface area contributed by atoms with Crippen LogP contribution in [0.2, 0.25) is 0 Å². The van der Waals surface area contributed by atoms with Gasteiger partial charge in [0.1, 0.15) is 0 Å². The van der Waals surface area contributed by atoms with Gasteiger partial charge in [0.05, 0.1) is 17.3 Å². The minimum Gasteiger partial charge on any atom is -0.380 e. The van der Waals surface area contributed by atoms with Gasteiger partial charge in [-0.3, -0.25) is 4.90 Å². The maximum Gasteiger partial charge on any atom is 0.0811 e. The van der Waals surface area contributed by atoms with Crippen molar-refractivity contribution in [3.63, 3.8) is 0 Å². The highest BCUT2D eigenvalue weighted by molar-refractivity contribution is 7.07. The van der Waals surface area contributed by atoms with Crippen molar-refractivity contribution in [3.8, 4) is 11.3 Å². The molecule has 0 spiro atoms. The zero-order valence-corrected chi connectivity index (χ0v) is 15.8. The minimum absolute atomic E-state index is 0.432. The molecule has 2 aliphatic rings. The number of thiazole rings is 1. The smallest absolute Gasteiger partial charge is 0.0811 e. The van der Waals surface area contributed by atoms with Gasteiger partial charge < -0.3 is 9.64 Å². The van der Waals surface area contributed by atoms with Crippen molar-refractivity contribution in [3.05, 3.63) is 35.2 Å². The lowest BCUT2D eigenvalue weighted by molar-refractivity contribution is 0.0102. The lowest BCUT2D eigenvalue weighted by Crippen LogP contribution is -2.50. The van der Waals surface area contributed by atoms with Crippen molar-refractivity contribution in [1.29, 1.82) is 0 Å². The van der Waals surface area contributed by atoms with Crippen molar-refractivity contribution < 1.29 is 4.74 Å². The summed E-state index contributed by atoms with van der Waals surface area (Å²) in [6.07, 6.45) is 5.42. The summed E-state index contributed by atoms with van der Waals surface area (Å²) in [4.78, 5) is 9.64. The molecule has 3 heterocycles. The first-order valence-electron chi connectivity index (χ1n) is 9.34. The van der Waals surface area contributed by atoms with Crippen LogP contribution in [0.15, 0.2) is 35.2 Å². The molecule has 2 fully saturated rings. The Kier molecular flexibility index (Phi) is 5.34. The van der Waals surface area contributed by atoms with E-state index in [1.54, 1.807) is 11.3 Å². The average Bonchev–Trinajstić information content (AvgIpc) is 3.23. The predicted octanol–water partition coefficient (Wildman–Crippen LogP) is 3.89. The maximum absolute atomic E-state index is 5.59. The number of aromatic nitrogens is 1. The molecule has 1 aromatic carbocycles. The van der Waals surface area contributed by atoms with Crippen LogP contribution in [0.25, 0.3) is 11.3 Å². The second kappa shape index (κ2) is 7.85. The number of methoxy groups -OCH3 is 1. The third-order valence-electron chi connectivity index (χ3n) is 5.66. The number of hydrogen-bond donors (Lipinski definition) is 0. The summed E-state index contributed by atoms with van der Waals surface area (Å²) in [6, 6.07) is 9.55. The molecule has 1 atom stereocenters. The molecule has 0 bridgehead atoms. The molecule has 0 radical (unpaired) electrons. The summed E-state index contributed by atoms with van der Waals surface area (Å²) < 4.78 is 5.59. The first-order valence-corrected chi connectivity index (χ1v) is 10.3. The van der Waals surface area contributed by atoms with Crippen molar-refractivity contribution in [2.45, 2.75) is 37.8 Å². The third-order valence-corrected chi connectivity index (χ3v) is 6.25. The van der Waals surface area contributed by atoms with E-state index in [1.165, 1.54) is 43.5 Å². The Bertz CT molecular complexity index is 667. The number of nitrogens with zero attached hydrogens (tertiary/aromatic N) is 3. The van der Waals surface area contributed by atoms with Crippen molar-refractivity contribution in [1.82, 2.24) is 9.88 Å². The Hall–Kier alpha value is -1.43. The van der Waals surface area contributed by atoms with Gasteiger partial charge in [0.25, 0.3) is 0 Å². The summed E-state index contributed by atoms with van der Waals surface area (Å²) in [6.45, 7) is 4.63. The highest BCUT2D eigenvalue weighted by atomic mass is 32.1. The fourth-order valence-electron chi connectivity index (χ4n) is 4.20. The van der Waals surface area contributed by atoms with E-state index in [0.717, 1.165) is 31.4 Å². The van der Waals surface area contributed by atoms with Crippen molar-refractivity contribution in [2.75, 3.05) is 38.2 Å². The average molecular weight is 358 g/mol. The summed E-state index contributed by atoms with van der Waals surface area (Å²) in [7, 11) is 1.85. The molecule has 0 amide bonds. The van der Waals surface area contributed by atoms with E-state index in [9.17, 15) is 0 Å². The van der Waals surface area contributed by atoms with Crippen LogP contribution in [0.3, 0.4) is 0 Å². The number of hydrogen-bond acceptors (Lipinski definition) is 5. The van der Waals surface area contributed by atoms with Crippen LogP contribution in [0, 0.1) is 0 Å². The number of rotatable bonds is 4. The van der Waals surface area contributed by atoms with E-state index in [0.29, 0.717) is 6.10 Å². The van der Waals surface area contributed by atoms with E-state index in [-0.39, 0.29) is 0 Å². The SMILES string of the molecule is COC1CCCN(C2CCN(c3cccc(-c4cscn4)c3)CC2)C1. The Morgan fingerprint density at radius 1 is 1.16 bits per heavy atom. The quantitative estimate of drug-likeness (QED) is 0.830. The first kappa shape index (κ1) is 17.0. The van der Waals surface area contributed by atoms with Crippen LogP contribution in [0.5, 0.6) is 0 Å². The van der Waals surface area contributed by atoms with Gasteiger partial charge in [-0.25, -0.2) is 4.98 Å². The summed E-state index contributed by atoms with van der Waals surface area (Å²) in [5.41, 5.74) is 5.54. The van der Waals surface area contributed by atoms with Gasteiger partial charge in [-0.05, 0) is 44.4 Å². The third kappa shape index (κ3) is 3.89. The van der Waals surface area contributed by atoms with Gasteiger partial charge in [0.2, 0.25) is 0 Å². The van der Waals surface area contributed by atoms with Crippen LogP contribution < -0.4 is 4.90 Å². The van der Waals surface area contributed by atoms with Gasteiger partial charge in [0, 0.05) is 49.4 Å². The van der Waals surface area contributed by atoms with Crippen LogP contribution >= 0.6 is 11.3 Å². The minimum atomic E-state index is 0.432. The number of likely N-dealkylation sites (tertiary alicyclic amines) is 1. The Balaban J connectivity index is 1.38. The highest BCUT2D eigenvalue weighted by Gasteiger charge is 2.28. The monoisotopic (exact) mass is 357 g/mol. The molecule has 25 heavy (non-hydrogen) atoms. The first-order chi connectivity index (χ1) is 12.3. The normalized spacial score (nSPS) is 23.1. The number of anilines is 1. The van der Waals surface area contributed by atoms with Gasteiger partial charge in [-0.15, -0.1) is 11.3 Å². The second-order valence-electron chi connectivity index (χ2n) is 7.14. The molecule has 2 aliphatic heterocycles. The maximum atomic E-state index is 5.59. The molecule has 1 aromatic heterocycles. The Morgan fingerprint density at radius 3 is 2.80 bits per heavy atom. The van der Waals surface area contributed by atoms with Crippen molar-refractivity contribution >= 4 is 17.0 Å². The molecule has 1 unspecified atom stereocenters. The molecule has 2 saturated heterocycles. The molecule has 2 aromatic rings. The summed E-state index contributed by atoms with van der Waals surface area (Å²) >= 11 is 1.65. The molecule has 0 aliphatic carbocycles. The molecular weight excluding hydrogens is 330 g/mol. The Morgan fingerprint density at radius 2 is 2.04 bits per heavy atom. The molecule has 0 N–H and O–H groups in total. The topological polar surface area (TPSA) is 28.6 Å². The van der Waals surface area contributed by atoms with E-state index in [4.69, 9.17) is 4.74 Å². The molecule has 0 saturated carbocycles. The molecular formula is C20H27N3OS. The molecule has 134 valence electrons. The van der Waals surface area contributed by atoms with Crippen LogP contribution in [-0.2, 0) is 4.74 Å². The van der Waals surface area contributed by atoms with Gasteiger partial charge in [-0.1, -0.05) is 12.1 Å². The second-order valence-corrected chi connectivity index (χ2v) is 7.86. The standard InChI is InChI=1S/C20H27N3OS/c1-24-19-6-3-9-23(13-19)17-7-10-22(11-8-17)18-5-2-4-16(12-18)20-14-25-15-21-20/h2,4-5,12,14-15,17,19H,3,6-11,13H2,1H3. The zero-order chi connectivity index (χ0) is 17.1. The van der Waals surface area contributed by atoms with Gasteiger partial charge in [0.15, 0.2) is 0 Å². The zero-order valence-electron chi connectivity index (χ0n) is 14.9. The number of ether oxygens (including phenoxy) is 1. The predicted molar refractivity (Wildman–Crippen MR) is 104 cm³/mol. The fourth-order valence-corrected chi connectivity index (χ4v) is 4.76. The molecule has 4 nitrogen and oxygen atoms in total. The lowest BCUT2D eigenvalue weighted by Gasteiger charge is -2.42. The van der Waals surface area contributed by atoms with E-state index in [1.807, 2.05) is 12.6 Å². The summed E-state index contributed by atoms with van der Waals surface area (Å²) in [5, 5.41) is 2.12. The van der Waals surface area contributed by atoms with E-state index < -0.39 is 0 Å². The lowest BCUT2D eigenvalue weighted by atomic mass is 9.98. The summed E-state index contributed by atoms with van der Waals surface area (Å²) in [5.74, 6) is 0. The van der Waals surface area contributed by atoms with Gasteiger partial charge in [-0.2, -0.15) is 0 Å². The number of piperidine rings is 2. The van der Waals surface area contributed by atoms with Crippen LogP contribution in [-0.4, -0.2) is 55.3 Å². The van der Waals surface area contributed by atoms with E-state index >= 15 is 0 Å². The fraction of sp³-hybridized carbons (Fsp3) is 0.550. The van der Waals surface area contributed by atoms with Crippen molar-refractivity contribution in [2.24, 2.45) is 0 Å². The largest absolute Gasteiger partial charge is 0.380 e. The Labute approximate surface area is 154 Å². The highest BCUT2D eigenvalue weighted by Crippen LogP contribution is 2.28.